The second kappa shape index (κ2) is 5.55. The summed E-state index contributed by atoms with van der Waals surface area (Å²) in [6, 6.07) is -0.861. The monoisotopic (exact) mass is 235 g/mol. The van der Waals surface area contributed by atoms with Gasteiger partial charge >= 0.3 is 0 Å². The highest BCUT2D eigenvalue weighted by Crippen LogP contribution is 2.21. The van der Waals surface area contributed by atoms with Gasteiger partial charge in [-0.15, -0.1) is 0 Å². The van der Waals surface area contributed by atoms with Gasteiger partial charge in [-0.1, -0.05) is 0 Å². The van der Waals surface area contributed by atoms with E-state index in [1.807, 2.05) is 0 Å². The molecule has 1 amide bonds. The number of aliphatic hydroxyl groups excluding tert-OH is 3. The Bertz CT molecular complexity index is 246. The molecule has 5 atom stereocenters. The van der Waals surface area contributed by atoms with E-state index in [-0.39, 0.29) is 5.91 Å². The highest BCUT2D eigenvalue weighted by molar-refractivity contribution is 5.73. The van der Waals surface area contributed by atoms with E-state index in [1.54, 1.807) is 0 Å². The summed E-state index contributed by atoms with van der Waals surface area (Å²) in [6.07, 6.45) is -4.35. The van der Waals surface area contributed by atoms with Crippen LogP contribution in [0.25, 0.3) is 0 Å². The summed E-state index contributed by atoms with van der Waals surface area (Å²) in [5.74, 6) is -0.371. The lowest BCUT2D eigenvalue weighted by Gasteiger charge is -2.41. The number of aliphatic hydroxyl groups is 3. The Morgan fingerprint density at radius 3 is 2.50 bits per heavy atom. The maximum absolute atomic E-state index is 10.9. The van der Waals surface area contributed by atoms with E-state index < -0.39 is 37.3 Å². The molecule has 1 aliphatic heterocycles. The van der Waals surface area contributed by atoms with Crippen molar-refractivity contribution < 1.29 is 29.6 Å². The summed E-state index contributed by atoms with van der Waals surface area (Å²) < 4.78 is 10.1. The summed E-state index contributed by atoms with van der Waals surface area (Å²) in [6.45, 7) is 0.842. The molecule has 1 aliphatic rings. The van der Waals surface area contributed by atoms with Gasteiger partial charge in [0.1, 0.15) is 24.4 Å². The van der Waals surface area contributed by atoms with Gasteiger partial charge in [0, 0.05) is 14.0 Å². The molecule has 0 saturated carbocycles. The molecule has 1 heterocycles. The van der Waals surface area contributed by atoms with Gasteiger partial charge in [0.2, 0.25) is 5.91 Å². The number of carbonyl (C=O) groups is 1. The van der Waals surface area contributed by atoms with Crippen molar-refractivity contribution in [3.8, 4) is 0 Å². The minimum absolute atomic E-state index is 0.371. The van der Waals surface area contributed by atoms with Crippen LogP contribution >= 0.6 is 0 Å². The molecule has 1 saturated heterocycles. The number of hydrogen-bond donors (Lipinski definition) is 4. The fraction of sp³-hybridized carbons (Fsp3) is 0.889. The molecule has 0 aromatic carbocycles. The average molecular weight is 235 g/mol. The zero-order valence-corrected chi connectivity index (χ0v) is 9.16. The first-order chi connectivity index (χ1) is 7.51. The SMILES string of the molecule is COC1O[C@H](CO)[C@@H](O)[C@H](O)[C@H]1NC(C)=O. The van der Waals surface area contributed by atoms with Crippen molar-refractivity contribution >= 4 is 5.91 Å². The van der Waals surface area contributed by atoms with E-state index in [0.29, 0.717) is 0 Å². The molecule has 94 valence electrons. The van der Waals surface area contributed by atoms with Gasteiger partial charge in [-0.05, 0) is 0 Å². The van der Waals surface area contributed by atoms with Crippen LogP contribution in [0.2, 0.25) is 0 Å². The molecule has 1 fully saturated rings. The quantitative estimate of drug-likeness (QED) is 0.433. The van der Waals surface area contributed by atoms with Crippen molar-refractivity contribution in [2.24, 2.45) is 0 Å². The van der Waals surface area contributed by atoms with E-state index >= 15 is 0 Å². The van der Waals surface area contributed by atoms with Gasteiger partial charge < -0.3 is 30.1 Å². The van der Waals surface area contributed by atoms with Crippen LogP contribution in [0.4, 0.5) is 0 Å². The molecule has 1 rings (SSSR count). The van der Waals surface area contributed by atoms with Crippen molar-refractivity contribution in [2.45, 2.75) is 37.6 Å². The lowest BCUT2D eigenvalue weighted by atomic mass is 9.97. The van der Waals surface area contributed by atoms with Crippen molar-refractivity contribution in [3.63, 3.8) is 0 Å². The molecule has 7 heteroatoms. The van der Waals surface area contributed by atoms with Crippen molar-refractivity contribution in [2.75, 3.05) is 13.7 Å². The van der Waals surface area contributed by atoms with Gasteiger partial charge in [0.15, 0.2) is 6.29 Å². The average Bonchev–Trinajstić information content (AvgIpc) is 2.25. The van der Waals surface area contributed by atoms with Crippen LogP contribution in [-0.2, 0) is 14.3 Å². The summed E-state index contributed by atoms with van der Waals surface area (Å²) in [4.78, 5) is 10.9. The maximum atomic E-state index is 10.9. The number of hydrogen-bond acceptors (Lipinski definition) is 6. The Balaban J connectivity index is 2.77. The predicted octanol–water partition coefficient (Wildman–Crippen LogP) is -2.42. The maximum Gasteiger partial charge on any atom is 0.217 e. The van der Waals surface area contributed by atoms with Gasteiger partial charge in [0.25, 0.3) is 0 Å². The molecule has 4 N–H and O–H groups in total. The first-order valence-corrected chi connectivity index (χ1v) is 4.93. The Hall–Kier alpha value is -0.730. The fourth-order valence-electron chi connectivity index (χ4n) is 1.67. The third-order valence-corrected chi connectivity index (χ3v) is 2.48. The Morgan fingerprint density at radius 2 is 2.06 bits per heavy atom. The number of carbonyl (C=O) groups excluding carboxylic acids is 1. The van der Waals surface area contributed by atoms with Gasteiger partial charge in [0.05, 0.1) is 6.61 Å². The summed E-state index contributed by atoms with van der Waals surface area (Å²) >= 11 is 0. The second-order valence-electron chi connectivity index (χ2n) is 3.67. The molecule has 7 nitrogen and oxygen atoms in total. The van der Waals surface area contributed by atoms with Crippen molar-refractivity contribution in [3.05, 3.63) is 0 Å². The minimum atomic E-state index is -1.27. The van der Waals surface area contributed by atoms with Crippen LogP contribution in [0, 0.1) is 0 Å². The highest BCUT2D eigenvalue weighted by atomic mass is 16.7. The summed E-state index contributed by atoms with van der Waals surface area (Å²) in [5, 5.41) is 30.7. The molecular weight excluding hydrogens is 218 g/mol. The fourth-order valence-corrected chi connectivity index (χ4v) is 1.67. The molecule has 0 aliphatic carbocycles. The number of nitrogens with one attached hydrogen (secondary N) is 1. The Labute approximate surface area is 93.0 Å². The van der Waals surface area contributed by atoms with Crippen LogP contribution in [-0.4, -0.2) is 65.6 Å². The summed E-state index contributed by atoms with van der Waals surface area (Å²) in [7, 11) is 1.35. The standard InChI is InChI=1S/C9H17NO6/c1-4(12)10-6-8(14)7(13)5(3-11)16-9(6)15-2/h5-9,11,13-14H,3H2,1-2H3,(H,10,12)/t5-,6-,7-,8-,9?/m1/s1. The Morgan fingerprint density at radius 1 is 1.44 bits per heavy atom. The van der Waals surface area contributed by atoms with Crippen molar-refractivity contribution in [1.29, 1.82) is 0 Å². The third-order valence-electron chi connectivity index (χ3n) is 2.48. The van der Waals surface area contributed by atoms with Gasteiger partial charge in [-0.2, -0.15) is 0 Å². The topological polar surface area (TPSA) is 108 Å². The van der Waals surface area contributed by atoms with E-state index in [0.717, 1.165) is 0 Å². The molecule has 0 bridgehead atoms. The second-order valence-corrected chi connectivity index (χ2v) is 3.67. The zero-order valence-electron chi connectivity index (χ0n) is 9.16. The zero-order chi connectivity index (χ0) is 12.3. The minimum Gasteiger partial charge on any atom is -0.394 e. The molecule has 0 spiro atoms. The van der Waals surface area contributed by atoms with Crippen LogP contribution in [0.5, 0.6) is 0 Å². The largest absolute Gasteiger partial charge is 0.394 e. The molecule has 0 aromatic heterocycles. The van der Waals surface area contributed by atoms with E-state index in [1.165, 1.54) is 14.0 Å². The van der Waals surface area contributed by atoms with Crippen LogP contribution in [0.1, 0.15) is 6.92 Å². The normalized spacial score (nSPS) is 39.4. The molecule has 16 heavy (non-hydrogen) atoms. The van der Waals surface area contributed by atoms with Crippen molar-refractivity contribution in [1.82, 2.24) is 5.32 Å². The summed E-state index contributed by atoms with van der Waals surface area (Å²) in [5.41, 5.74) is 0. The smallest absolute Gasteiger partial charge is 0.217 e. The highest BCUT2D eigenvalue weighted by Gasteiger charge is 2.44. The lowest BCUT2D eigenvalue weighted by Crippen LogP contribution is -2.64. The first kappa shape index (κ1) is 13.3. The first-order valence-electron chi connectivity index (χ1n) is 4.93. The number of rotatable bonds is 3. The number of amides is 1. The van der Waals surface area contributed by atoms with Crippen LogP contribution in [0.15, 0.2) is 0 Å². The van der Waals surface area contributed by atoms with E-state index in [9.17, 15) is 15.0 Å². The van der Waals surface area contributed by atoms with Gasteiger partial charge in [-0.3, -0.25) is 4.79 Å². The van der Waals surface area contributed by atoms with Gasteiger partial charge in [-0.25, -0.2) is 0 Å². The lowest BCUT2D eigenvalue weighted by molar-refractivity contribution is -0.262. The van der Waals surface area contributed by atoms with Crippen LogP contribution < -0.4 is 5.32 Å². The molecule has 0 aromatic rings. The molecular formula is C9H17NO6. The van der Waals surface area contributed by atoms with E-state index in [2.05, 4.69) is 5.32 Å². The number of ether oxygens (including phenoxy) is 2. The Kier molecular flexibility index (Phi) is 4.63. The van der Waals surface area contributed by atoms with Crippen LogP contribution in [0.3, 0.4) is 0 Å². The predicted molar refractivity (Wildman–Crippen MR) is 52.4 cm³/mol. The third kappa shape index (κ3) is 2.69. The molecule has 1 unspecified atom stereocenters. The molecule has 0 radical (unpaired) electrons. The number of methoxy groups -OCH3 is 1. The van der Waals surface area contributed by atoms with E-state index in [4.69, 9.17) is 14.6 Å².